The summed E-state index contributed by atoms with van der Waals surface area (Å²) in [6.07, 6.45) is 2.29. The van der Waals surface area contributed by atoms with Crippen LogP contribution in [0.2, 0.25) is 0 Å². The molecule has 0 radical (unpaired) electrons. The quantitative estimate of drug-likeness (QED) is 0.557. The van der Waals surface area contributed by atoms with Gasteiger partial charge >= 0.3 is 23.4 Å². The molecule has 3 unspecified atom stereocenters. The molecule has 3 atom stereocenters. The molecule has 0 spiro atoms. The predicted molar refractivity (Wildman–Crippen MR) is 64.0 cm³/mol. The summed E-state index contributed by atoms with van der Waals surface area (Å²) < 4.78 is 51.2. The Labute approximate surface area is 110 Å². The minimum absolute atomic E-state index is 0.0363. The van der Waals surface area contributed by atoms with Crippen molar-refractivity contribution < 1.29 is 41.2 Å². The first-order valence-electron chi connectivity index (χ1n) is 5.38. The van der Waals surface area contributed by atoms with Gasteiger partial charge in [0.05, 0.1) is 13.2 Å². The molecule has 114 valence electrons. The lowest BCUT2D eigenvalue weighted by Gasteiger charge is -2.18. The van der Waals surface area contributed by atoms with Crippen molar-refractivity contribution >= 4 is 23.4 Å². The van der Waals surface area contributed by atoms with E-state index in [1.54, 1.807) is 0 Å². The number of rotatable bonds is 0. The topological polar surface area (TPSA) is 155 Å². The second-order valence-corrected chi connectivity index (χ2v) is 8.50. The van der Waals surface area contributed by atoms with Gasteiger partial charge in [-0.05, 0) is 12.8 Å². The van der Waals surface area contributed by atoms with Crippen molar-refractivity contribution in [1.29, 1.82) is 0 Å². The van der Waals surface area contributed by atoms with Crippen LogP contribution in [-0.4, -0.2) is 23.0 Å². The Kier molecular flexibility index (Phi) is 6.35. The highest BCUT2D eigenvalue weighted by atomic mass is 31.3. The Bertz CT molecular complexity index is 404. The summed E-state index contributed by atoms with van der Waals surface area (Å²) >= 11 is 0. The molecule has 0 amide bonds. The Balaban J connectivity index is 2.81. The molecule has 1 rings (SSSR count). The van der Waals surface area contributed by atoms with Gasteiger partial charge in [0.15, 0.2) is 0 Å². The van der Waals surface area contributed by atoms with Crippen molar-refractivity contribution in [3.8, 4) is 0 Å². The van der Waals surface area contributed by atoms with Gasteiger partial charge in [0.1, 0.15) is 0 Å². The number of hydrogen-bond acceptors (Lipinski definition) is 7. The van der Waals surface area contributed by atoms with Crippen LogP contribution in [-0.2, 0) is 31.4 Å². The maximum Gasteiger partial charge on any atom is 0.489 e. The average molecular weight is 339 g/mol. The highest BCUT2D eigenvalue weighted by Crippen LogP contribution is 2.66. The Morgan fingerprint density at radius 2 is 1.32 bits per heavy atom. The van der Waals surface area contributed by atoms with Crippen molar-refractivity contribution in [1.82, 2.24) is 0 Å². The third kappa shape index (κ3) is 7.68. The molecule has 0 aliphatic carbocycles. The van der Waals surface area contributed by atoms with E-state index in [1.165, 1.54) is 0 Å². The van der Waals surface area contributed by atoms with Gasteiger partial charge in [-0.1, -0.05) is 12.8 Å². The van der Waals surface area contributed by atoms with Crippen molar-refractivity contribution in [2.24, 2.45) is 5.50 Å². The summed E-state index contributed by atoms with van der Waals surface area (Å²) in [5.41, 5.74) is 5.05. The minimum Gasteiger partial charge on any atom is -0.302 e. The van der Waals surface area contributed by atoms with Crippen molar-refractivity contribution in [2.45, 2.75) is 25.7 Å². The van der Waals surface area contributed by atoms with Crippen molar-refractivity contribution in [3.05, 3.63) is 0 Å². The minimum atomic E-state index is -5.15. The third-order valence-corrected chi connectivity index (χ3v) is 6.43. The van der Waals surface area contributed by atoms with Crippen LogP contribution >= 0.6 is 23.4 Å². The van der Waals surface area contributed by atoms with Gasteiger partial charge in [-0.3, -0.25) is 9.05 Å². The molecule has 1 aliphatic heterocycles. The average Bonchev–Trinajstić information content (AvgIpc) is 2.17. The van der Waals surface area contributed by atoms with E-state index in [0.29, 0.717) is 25.7 Å². The van der Waals surface area contributed by atoms with Gasteiger partial charge in [0, 0.05) is 0 Å². The first-order chi connectivity index (χ1) is 8.62. The molecular formula is C6H16NO9P3. The van der Waals surface area contributed by atoms with Crippen LogP contribution in [0.4, 0.5) is 0 Å². The highest BCUT2D eigenvalue weighted by Gasteiger charge is 2.40. The Hall–Kier alpha value is 0.410. The molecule has 0 bridgehead atoms. The summed E-state index contributed by atoms with van der Waals surface area (Å²) in [5.74, 6) is 0. The maximum atomic E-state index is 11.5. The van der Waals surface area contributed by atoms with E-state index in [1.807, 2.05) is 0 Å². The van der Waals surface area contributed by atoms with Crippen molar-refractivity contribution in [3.63, 3.8) is 0 Å². The summed E-state index contributed by atoms with van der Waals surface area (Å²) in [4.78, 5) is 18.3. The fraction of sp³-hybridized carbons (Fsp3) is 1.00. The summed E-state index contributed by atoms with van der Waals surface area (Å²) in [6.45, 7) is -0.166. The van der Waals surface area contributed by atoms with Crippen LogP contribution < -0.4 is 5.50 Å². The largest absolute Gasteiger partial charge is 0.489 e. The van der Waals surface area contributed by atoms with E-state index >= 15 is 0 Å². The van der Waals surface area contributed by atoms with Crippen LogP contribution in [0.25, 0.3) is 0 Å². The van der Waals surface area contributed by atoms with E-state index in [4.69, 9.17) is 15.3 Å². The maximum absolute atomic E-state index is 11.5. The predicted octanol–water partition coefficient (Wildman–Crippen LogP) is 1.89. The molecule has 19 heavy (non-hydrogen) atoms. The lowest BCUT2D eigenvalue weighted by Crippen LogP contribution is -2.05. The fourth-order valence-corrected chi connectivity index (χ4v) is 4.97. The Morgan fingerprint density at radius 1 is 0.789 bits per heavy atom. The lowest BCUT2D eigenvalue weighted by molar-refractivity contribution is 0.175. The molecule has 4 N–H and O–H groups in total. The van der Waals surface area contributed by atoms with Crippen LogP contribution in [0.3, 0.4) is 0 Å². The van der Waals surface area contributed by atoms with E-state index in [0.717, 1.165) is 0 Å². The fourth-order valence-electron chi connectivity index (χ4n) is 1.27. The van der Waals surface area contributed by atoms with E-state index in [9.17, 15) is 13.7 Å². The zero-order chi connectivity index (χ0) is 14.6. The first-order valence-corrected chi connectivity index (χ1v) is 9.98. The van der Waals surface area contributed by atoms with Gasteiger partial charge in [-0.2, -0.15) is 8.62 Å². The summed E-state index contributed by atoms with van der Waals surface area (Å²) in [7, 11) is -14.3. The standard InChI is InChI=1S/C6H16NO9P3/c7-17(8)13-5-3-1-2-4-6-14-18(9,10)16-19(11,12)15-17/h1-6H2,(H2,7,8)(H,9,10)(H,11,12). The molecule has 0 aromatic heterocycles. The molecule has 13 heteroatoms. The molecule has 1 aliphatic rings. The third-order valence-electron chi connectivity index (χ3n) is 1.99. The Morgan fingerprint density at radius 3 is 1.89 bits per heavy atom. The number of hydrogen-bond donors (Lipinski definition) is 3. The highest BCUT2D eigenvalue weighted by molar-refractivity contribution is 7.67. The first kappa shape index (κ1) is 17.5. The normalized spacial score (nSPS) is 43.7. The molecular weight excluding hydrogens is 323 g/mol. The second-order valence-electron chi connectivity index (χ2n) is 3.72. The second kappa shape index (κ2) is 6.91. The van der Waals surface area contributed by atoms with Crippen molar-refractivity contribution in [2.75, 3.05) is 13.2 Å². The van der Waals surface area contributed by atoms with E-state index < -0.39 is 23.4 Å². The molecule has 1 saturated heterocycles. The number of phosphoric acid groups is 2. The number of phosphoric ester groups is 1. The van der Waals surface area contributed by atoms with E-state index in [-0.39, 0.29) is 13.2 Å². The van der Waals surface area contributed by atoms with Gasteiger partial charge in [0.2, 0.25) is 0 Å². The van der Waals surface area contributed by atoms with Gasteiger partial charge in [-0.25, -0.2) is 19.2 Å². The summed E-state index contributed by atoms with van der Waals surface area (Å²) in [6, 6.07) is 0. The van der Waals surface area contributed by atoms with Crippen LogP contribution in [0.5, 0.6) is 0 Å². The van der Waals surface area contributed by atoms with Crippen LogP contribution in [0, 0.1) is 0 Å². The monoisotopic (exact) mass is 339 g/mol. The molecule has 1 heterocycles. The SMILES string of the molecule is NP1(=O)OCCCCCCOP(=O)(O)OP(=O)(O)O1. The molecule has 10 nitrogen and oxygen atoms in total. The molecule has 1 fully saturated rings. The van der Waals surface area contributed by atoms with E-state index in [2.05, 4.69) is 17.7 Å². The zero-order valence-corrected chi connectivity index (χ0v) is 12.6. The van der Waals surface area contributed by atoms with Gasteiger partial charge in [-0.15, -0.1) is 0 Å². The lowest BCUT2D eigenvalue weighted by atomic mass is 10.2. The molecule has 0 aromatic rings. The summed E-state index contributed by atoms with van der Waals surface area (Å²) in [5, 5.41) is 0. The number of nitrogens with two attached hydrogens (primary N) is 1. The van der Waals surface area contributed by atoms with Crippen LogP contribution in [0.15, 0.2) is 0 Å². The van der Waals surface area contributed by atoms with Crippen LogP contribution in [0.1, 0.15) is 25.7 Å². The smallest absolute Gasteiger partial charge is 0.302 e. The molecule has 0 saturated carbocycles. The van der Waals surface area contributed by atoms with Gasteiger partial charge in [0.25, 0.3) is 0 Å². The zero-order valence-electron chi connectivity index (χ0n) is 9.91. The molecule has 0 aromatic carbocycles. The van der Waals surface area contributed by atoms with Gasteiger partial charge < -0.3 is 9.79 Å².